The summed E-state index contributed by atoms with van der Waals surface area (Å²) in [6.45, 7) is 2.10. The Balaban J connectivity index is 2.64. The van der Waals surface area contributed by atoms with Gasteiger partial charge in [-0.05, 0) is 18.6 Å². The molecule has 0 bridgehead atoms. The Morgan fingerprint density at radius 3 is 2.81 bits per heavy atom. The van der Waals surface area contributed by atoms with Crippen molar-refractivity contribution in [3.05, 3.63) is 36.0 Å². The van der Waals surface area contributed by atoms with Crippen LogP contribution in [-0.4, -0.2) is 17.8 Å². The van der Waals surface area contributed by atoms with E-state index in [1.54, 1.807) is 4.57 Å². The molecule has 0 aliphatic carbocycles. The van der Waals surface area contributed by atoms with Gasteiger partial charge in [-0.3, -0.25) is 0 Å². The molecule has 16 heavy (non-hydrogen) atoms. The SMILES string of the molecule is CCCc1cc2ccccc2n1C(=O)OC. The zero-order chi connectivity index (χ0) is 11.5. The lowest BCUT2D eigenvalue weighted by atomic mass is 10.2. The Kier molecular flexibility index (Phi) is 2.95. The van der Waals surface area contributed by atoms with Crippen molar-refractivity contribution in [2.45, 2.75) is 19.8 Å². The maximum atomic E-state index is 11.7. The van der Waals surface area contributed by atoms with E-state index in [1.807, 2.05) is 24.3 Å². The Morgan fingerprint density at radius 2 is 2.12 bits per heavy atom. The second kappa shape index (κ2) is 4.39. The maximum absolute atomic E-state index is 11.7. The van der Waals surface area contributed by atoms with Crippen LogP contribution in [0.5, 0.6) is 0 Å². The highest BCUT2D eigenvalue weighted by atomic mass is 16.5. The highest BCUT2D eigenvalue weighted by Crippen LogP contribution is 2.21. The first-order chi connectivity index (χ1) is 7.77. The molecule has 84 valence electrons. The van der Waals surface area contributed by atoms with Gasteiger partial charge in [0.25, 0.3) is 0 Å². The molecule has 0 spiro atoms. The van der Waals surface area contributed by atoms with Crippen molar-refractivity contribution in [1.29, 1.82) is 0 Å². The average Bonchev–Trinajstić information content (AvgIpc) is 2.66. The highest BCUT2D eigenvalue weighted by molar-refractivity contribution is 5.90. The van der Waals surface area contributed by atoms with Crippen molar-refractivity contribution < 1.29 is 9.53 Å². The second-order valence-corrected chi connectivity index (χ2v) is 3.75. The number of aromatic nitrogens is 1. The van der Waals surface area contributed by atoms with E-state index in [2.05, 4.69) is 13.0 Å². The number of nitrogens with zero attached hydrogens (tertiary/aromatic N) is 1. The summed E-state index contributed by atoms with van der Waals surface area (Å²) in [4.78, 5) is 11.7. The molecule has 0 fully saturated rings. The maximum Gasteiger partial charge on any atom is 0.418 e. The van der Waals surface area contributed by atoms with Gasteiger partial charge in [-0.1, -0.05) is 31.5 Å². The first-order valence-corrected chi connectivity index (χ1v) is 5.45. The third kappa shape index (κ3) is 1.69. The number of carbonyl (C=O) groups is 1. The van der Waals surface area contributed by atoms with Crippen molar-refractivity contribution in [3.8, 4) is 0 Å². The van der Waals surface area contributed by atoms with E-state index in [9.17, 15) is 4.79 Å². The fourth-order valence-corrected chi connectivity index (χ4v) is 1.96. The number of para-hydroxylation sites is 1. The van der Waals surface area contributed by atoms with E-state index in [4.69, 9.17) is 4.74 Å². The standard InChI is InChI=1S/C13H15NO2/c1-3-6-11-9-10-7-4-5-8-12(10)14(11)13(15)16-2/h4-5,7-9H,3,6H2,1-2H3. The van der Waals surface area contributed by atoms with Gasteiger partial charge in [0.2, 0.25) is 0 Å². The highest BCUT2D eigenvalue weighted by Gasteiger charge is 2.13. The molecule has 1 heterocycles. The van der Waals surface area contributed by atoms with Gasteiger partial charge in [-0.25, -0.2) is 9.36 Å². The molecule has 2 rings (SSSR count). The fourth-order valence-electron chi connectivity index (χ4n) is 1.96. The van der Waals surface area contributed by atoms with Crippen LogP contribution < -0.4 is 0 Å². The molecular weight excluding hydrogens is 202 g/mol. The number of hydrogen-bond acceptors (Lipinski definition) is 2. The van der Waals surface area contributed by atoms with Crippen molar-refractivity contribution in [2.24, 2.45) is 0 Å². The molecular formula is C13H15NO2. The molecule has 0 saturated carbocycles. The lowest BCUT2D eigenvalue weighted by molar-refractivity contribution is 0.173. The fraction of sp³-hybridized carbons (Fsp3) is 0.308. The first-order valence-electron chi connectivity index (χ1n) is 5.45. The number of benzene rings is 1. The third-order valence-electron chi connectivity index (χ3n) is 2.65. The summed E-state index contributed by atoms with van der Waals surface area (Å²) in [5.41, 5.74) is 1.92. The summed E-state index contributed by atoms with van der Waals surface area (Å²) in [7, 11) is 1.41. The minimum atomic E-state index is -0.315. The number of fused-ring (bicyclic) bond motifs is 1. The number of methoxy groups -OCH3 is 1. The second-order valence-electron chi connectivity index (χ2n) is 3.75. The lowest BCUT2D eigenvalue weighted by Crippen LogP contribution is -2.14. The minimum absolute atomic E-state index is 0.315. The molecule has 0 aliphatic rings. The van der Waals surface area contributed by atoms with Gasteiger partial charge in [0, 0.05) is 11.1 Å². The molecule has 0 amide bonds. The third-order valence-corrected chi connectivity index (χ3v) is 2.65. The topological polar surface area (TPSA) is 31.2 Å². The van der Waals surface area contributed by atoms with E-state index in [0.717, 1.165) is 29.4 Å². The Labute approximate surface area is 94.6 Å². The molecule has 3 heteroatoms. The van der Waals surface area contributed by atoms with Crippen LogP contribution in [0.2, 0.25) is 0 Å². The quantitative estimate of drug-likeness (QED) is 0.773. The number of carbonyl (C=O) groups excluding carboxylic acids is 1. The molecule has 0 atom stereocenters. The number of rotatable bonds is 2. The number of aryl methyl sites for hydroxylation is 1. The van der Waals surface area contributed by atoms with Crippen LogP contribution in [-0.2, 0) is 11.2 Å². The normalized spacial score (nSPS) is 10.6. The van der Waals surface area contributed by atoms with E-state index in [-0.39, 0.29) is 6.09 Å². The zero-order valence-electron chi connectivity index (χ0n) is 9.56. The summed E-state index contributed by atoms with van der Waals surface area (Å²) in [5, 5.41) is 1.08. The number of ether oxygens (including phenoxy) is 1. The Bertz CT molecular complexity index is 514. The Morgan fingerprint density at radius 1 is 1.38 bits per heavy atom. The smallest absolute Gasteiger partial charge is 0.418 e. The predicted octanol–water partition coefficient (Wildman–Crippen LogP) is 3.21. The molecule has 2 aromatic rings. The van der Waals surface area contributed by atoms with Gasteiger partial charge in [-0.2, -0.15) is 0 Å². The summed E-state index contributed by atoms with van der Waals surface area (Å²) in [6, 6.07) is 9.90. The van der Waals surface area contributed by atoms with E-state index in [1.165, 1.54) is 7.11 Å². The molecule has 1 aromatic heterocycles. The summed E-state index contributed by atoms with van der Waals surface area (Å²) >= 11 is 0. The van der Waals surface area contributed by atoms with Gasteiger partial charge in [0.1, 0.15) is 0 Å². The van der Waals surface area contributed by atoms with Crippen LogP contribution in [0, 0.1) is 0 Å². The molecule has 3 nitrogen and oxygen atoms in total. The van der Waals surface area contributed by atoms with Gasteiger partial charge in [0.05, 0.1) is 12.6 Å². The van der Waals surface area contributed by atoms with Crippen molar-refractivity contribution in [1.82, 2.24) is 4.57 Å². The van der Waals surface area contributed by atoms with Crippen LogP contribution in [0.4, 0.5) is 4.79 Å². The van der Waals surface area contributed by atoms with Crippen LogP contribution in [0.3, 0.4) is 0 Å². The first kappa shape index (κ1) is 10.7. The lowest BCUT2D eigenvalue weighted by Gasteiger charge is -2.06. The molecule has 0 aliphatic heterocycles. The molecule has 0 radical (unpaired) electrons. The average molecular weight is 217 g/mol. The zero-order valence-corrected chi connectivity index (χ0v) is 9.56. The monoisotopic (exact) mass is 217 g/mol. The van der Waals surface area contributed by atoms with Crippen molar-refractivity contribution in [2.75, 3.05) is 7.11 Å². The van der Waals surface area contributed by atoms with Crippen LogP contribution in [0.15, 0.2) is 30.3 Å². The van der Waals surface area contributed by atoms with Gasteiger partial charge >= 0.3 is 6.09 Å². The largest absolute Gasteiger partial charge is 0.452 e. The molecule has 0 unspecified atom stereocenters. The minimum Gasteiger partial charge on any atom is -0.452 e. The van der Waals surface area contributed by atoms with Crippen LogP contribution in [0.25, 0.3) is 10.9 Å². The molecule has 0 N–H and O–H groups in total. The predicted molar refractivity (Wildman–Crippen MR) is 63.7 cm³/mol. The van der Waals surface area contributed by atoms with Crippen molar-refractivity contribution in [3.63, 3.8) is 0 Å². The number of hydrogen-bond donors (Lipinski definition) is 0. The van der Waals surface area contributed by atoms with E-state index < -0.39 is 0 Å². The van der Waals surface area contributed by atoms with Gasteiger partial charge in [0.15, 0.2) is 0 Å². The van der Waals surface area contributed by atoms with Crippen molar-refractivity contribution >= 4 is 17.0 Å². The van der Waals surface area contributed by atoms with E-state index in [0.29, 0.717) is 0 Å². The summed E-state index contributed by atoms with van der Waals surface area (Å²) in [5.74, 6) is 0. The molecule has 0 saturated heterocycles. The van der Waals surface area contributed by atoms with Crippen LogP contribution in [0.1, 0.15) is 19.0 Å². The van der Waals surface area contributed by atoms with E-state index >= 15 is 0 Å². The Hall–Kier alpha value is -1.77. The summed E-state index contributed by atoms with van der Waals surface area (Å²) < 4.78 is 6.47. The molecule has 1 aromatic carbocycles. The van der Waals surface area contributed by atoms with Crippen LogP contribution >= 0.6 is 0 Å². The van der Waals surface area contributed by atoms with Gasteiger partial charge in [-0.15, -0.1) is 0 Å². The summed E-state index contributed by atoms with van der Waals surface area (Å²) in [6.07, 6.45) is 1.57. The van der Waals surface area contributed by atoms with Gasteiger partial charge < -0.3 is 4.74 Å².